The van der Waals surface area contributed by atoms with E-state index in [1.165, 1.54) is 10.5 Å². The number of carboxylic acid groups (broad SMARTS) is 1. The number of rotatable bonds is 6. The van der Waals surface area contributed by atoms with E-state index in [1.54, 1.807) is 19.1 Å². The Labute approximate surface area is 159 Å². The van der Waals surface area contributed by atoms with E-state index in [9.17, 15) is 23.1 Å². The summed E-state index contributed by atoms with van der Waals surface area (Å²) in [6.45, 7) is 2.18. The monoisotopic (exact) mass is 394 g/mol. The molecule has 1 aliphatic heterocycles. The largest absolute Gasteiger partial charge is 0.481 e. The number of nitrogens with one attached hydrogen (secondary N) is 1. The van der Waals surface area contributed by atoms with Crippen LogP contribution in [0.4, 0.5) is 0 Å². The molecule has 27 heavy (non-hydrogen) atoms. The van der Waals surface area contributed by atoms with Crippen LogP contribution in [0.5, 0.6) is 0 Å². The Morgan fingerprint density at radius 2 is 1.93 bits per heavy atom. The van der Waals surface area contributed by atoms with Crippen molar-refractivity contribution in [1.82, 2.24) is 9.62 Å². The molecule has 1 saturated heterocycles. The fourth-order valence-corrected chi connectivity index (χ4v) is 4.84. The molecule has 1 atom stereocenters. The lowest BCUT2D eigenvalue weighted by Gasteiger charge is -2.20. The molecule has 2 N–H and O–H groups in total. The number of amides is 1. The van der Waals surface area contributed by atoms with E-state index in [-0.39, 0.29) is 30.3 Å². The molecule has 1 unspecified atom stereocenters. The summed E-state index contributed by atoms with van der Waals surface area (Å²) in [7, 11) is -3.66. The Kier molecular flexibility index (Phi) is 5.58. The van der Waals surface area contributed by atoms with Gasteiger partial charge in [0.05, 0.1) is 10.3 Å². The number of likely N-dealkylation sites (tertiary alicyclic amines) is 1. The number of benzene rings is 1. The number of aliphatic carboxylic acids is 1. The first kappa shape index (κ1) is 19.8. The number of hydrogen-bond donors (Lipinski definition) is 2. The number of nitrogens with zero attached hydrogens (tertiary/aromatic N) is 1. The zero-order valence-electron chi connectivity index (χ0n) is 15.5. The second kappa shape index (κ2) is 7.59. The zero-order valence-corrected chi connectivity index (χ0v) is 16.3. The second-order valence-electron chi connectivity index (χ2n) is 7.72. The number of fused-ring (bicyclic) bond motifs is 1. The summed E-state index contributed by atoms with van der Waals surface area (Å²) in [5.74, 6) is -1.14. The predicted molar refractivity (Wildman–Crippen MR) is 99.8 cm³/mol. The molecular weight excluding hydrogens is 368 g/mol. The maximum atomic E-state index is 12.5. The molecular formula is C19H26N2O5S. The van der Waals surface area contributed by atoms with Crippen molar-refractivity contribution in [3.05, 3.63) is 29.3 Å². The van der Waals surface area contributed by atoms with Gasteiger partial charge in [-0.05, 0) is 62.3 Å². The molecule has 1 heterocycles. The summed E-state index contributed by atoms with van der Waals surface area (Å²) in [5.41, 5.74) is 1.38. The van der Waals surface area contributed by atoms with Gasteiger partial charge in [0, 0.05) is 26.1 Å². The summed E-state index contributed by atoms with van der Waals surface area (Å²) < 4.78 is 27.5. The Bertz CT molecular complexity index is 852. The zero-order chi connectivity index (χ0) is 19.7. The molecule has 0 radical (unpaired) electrons. The highest BCUT2D eigenvalue weighted by Crippen LogP contribution is 2.30. The quantitative estimate of drug-likeness (QED) is 0.762. The minimum absolute atomic E-state index is 0.00145. The number of carbonyl (C=O) groups excluding carboxylic acids is 1. The van der Waals surface area contributed by atoms with Gasteiger partial charge in [0.15, 0.2) is 0 Å². The van der Waals surface area contributed by atoms with Crippen molar-refractivity contribution in [2.75, 3.05) is 19.6 Å². The van der Waals surface area contributed by atoms with Gasteiger partial charge in [-0.15, -0.1) is 0 Å². The topological polar surface area (TPSA) is 104 Å². The Morgan fingerprint density at radius 3 is 2.59 bits per heavy atom. The van der Waals surface area contributed by atoms with Crippen LogP contribution in [0.25, 0.3) is 0 Å². The van der Waals surface area contributed by atoms with Gasteiger partial charge in [0.2, 0.25) is 15.9 Å². The van der Waals surface area contributed by atoms with E-state index in [0.717, 1.165) is 31.2 Å². The van der Waals surface area contributed by atoms with E-state index in [4.69, 9.17) is 0 Å². The summed E-state index contributed by atoms with van der Waals surface area (Å²) in [4.78, 5) is 25.3. The normalized spacial score (nSPS) is 22.5. The smallest absolute Gasteiger partial charge is 0.311 e. The van der Waals surface area contributed by atoms with Crippen LogP contribution in [0.1, 0.15) is 43.7 Å². The van der Waals surface area contributed by atoms with Crippen molar-refractivity contribution in [2.24, 2.45) is 5.41 Å². The third-order valence-electron chi connectivity index (χ3n) is 5.60. The lowest BCUT2D eigenvalue weighted by atomic mass is 9.90. The SMILES string of the molecule is CC1(C(=O)O)CCN(C(=O)CCNS(=O)(=O)c2ccc3c(c2)CCCC3)C1. The van der Waals surface area contributed by atoms with Crippen LogP contribution in [0.3, 0.4) is 0 Å². The van der Waals surface area contributed by atoms with Crippen LogP contribution >= 0.6 is 0 Å². The molecule has 8 heteroatoms. The molecule has 1 fully saturated rings. The van der Waals surface area contributed by atoms with Crippen LogP contribution < -0.4 is 4.72 Å². The number of sulfonamides is 1. The van der Waals surface area contributed by atoms with Gasteiger partial charge in [-0.2, -0.15) is 0 Å². The Hall–Kier alpha value is -1.93. The van der Waals surface area contributed by atoms with E-state index in [0.29, 0.717) is 13.0 Å². The molecule has 0 saturated carbocycles. The third-order valence-corrected chi connectivity index (χ3v) is 7.06. The predicted octanol–water partition coefficient (Wildman–Crippen LogP) is 1.56. The molecule has 0 spiro atoms. The first-order valence-corrected chi connectivity index (χ1v) is 10.8. The molecule has 0 aromatic heterocycles. The van der Waals surface area contributed by atoms with Crippen molar-refractivity contribution in [2.45, 2.75) is 50.3 Å². The Balaban J connectivity index is 1.55. The highest BCUT2D eigenvalue weighted by Gasteiger charge is 2.41. The standard InChI is InChI=1S/C19H26N2O5S/c1-19(18(23)24)9-11-21(13-19)17(22)8-10-20-27(25,26)16-7-6-14-4-2-3-5-15(14)12-16/h6-7,12,20H,2-5,8-11,13H2,1H3,(H,23,24). The van der Waals surface area contributed by atoms with E-state index < -0.39 is 21.4 Å². The second-order valence-corrected chi connectivity index (χ2v) is 9.48. The van der Waals surface area contributed by atoms with E-state index in [1.807, 2.05) is 6.07 Å². The summed E-state index contributed by atoms with van der Waals surface area (Å²) >= 11 is 0. The van der Waals surface area contributed by atoms with Gasteiger partial charge in [-0.25, -0.2) is 13.1 Å². The van der Waals surface area contributed by atoms with Crippen LogP contribution in [0, 0.1) is 5.41 Å². The number of carboxylic acids is 1. The molecule has 1 amide bonds. The molecule has 3 rings (SSSR count). The first-order valence-electron chi connectivity index (χ1n) is 9.34. The van der Waals surface area contributed by atoms with Gasteiger partial charge in [0.1, 0.15) is 0 Å². The van der Waals surface area contributed by atoms with Crippen LogP contribution in [-0.2, 0) is 32.5 Å². The lowest BCUT2D eigenvalue weighted by molar-refractivity contribution is -0.147. The minimum atomic E-state index is -3.66. The lowest BCUT2D eigenvalue weighted by Crippen LogP contribution is -2.36. The first-order chi connectivity index (χ1) is 12.7. The highest BCUT2D eigenvalue weighted by molar-refractivity contribution is 7.89. The van der Waals surface area contributed by atoms with E-state index >= 15 is 0 Å². The molecule has 148 valence electrons. The number of aryl methyl sites for hydroxylation is 2. The molecule has 7 nitrogen and oxygen atoms in total. The molecule has 2 aliphatic rings. The maximum absolute atomic E-state index is 12.5. The average molecular weight is 394 g/mol. The third kappa shape index (κ3) is 4.32. The van der Waals surface area contributed by atoms with Crippen LogP contribution in [0.15, 0.2) is 23.1 Å². The molecule has 1 aromatic carbocycles. The fourth-order valence-electron chi connectivity index (χ4n) is 3.76. The van der Waals surface area contributed by atoms with Crippen molar-refractivity contribution in [1.29, 1.82) is 0 Å². The van der Waals surface area contributed by atoms with Gasteiger partial charge >= 0.3 is 5.97 Å². The van der Waals surface area contributed by atoms with Crippen molar-refractivity contribution < 1.29 is 23.1 Å². The summed E-state index contributed by atoms with van der Waals surface area (Å²) in [5, 5.41) is 9.24. The fraction of sp³-hybridized carbons (Fsp3) is 0.579. The van der Waals surface area contributed by atoms with Crippen molar-refractivity contribution in [3.8, 4) is 0 Å². The maximum Gasteiger partial charge on any atom is 0.311 e. The minimum Gasteiger partial charge on any atom is -0.481 e. The van der Waals surface area contributed by atoms with Gasteiger partial charge in [-0.1, -0.05) is 6.07 Å². The van der Waals surface area contributed by atoms with Gasteiger partial charge in [-0.3, -0.25) is 9.59 Å². The van der Waals surface area contributed by atoms with Crippen molar-refractivity contribution >= 4 is 21.9 Å². The number of carbonyl (C=O) groups is 2. The van der Waals surface area contributed by atoms with Gasteiger partial charge in [0.25, 0.3) is 0 Å². The number of hydrogen-bond acceptors (Lipinski definition) is 4. The molecule has 1 aromatic rings. The van der Waals surface area contributed by atoms with Crippen LogP contribution in [0.2, 0.25) is 0 Å². The Morgan fingerprint density at radius 1 is 1.22 bits per heavy atom. The van der Waals surface area contributed by atoms with Crippen LogP contribution in [-0.4, -0.2) is 49.9 Å². The molecule has 0 bridgehead atoms. The van der Waals surface area contributed by atoms with Gasteiger partial charge < -0.3 is 10.0 Å². The summed E-state index contributed by atoms with van der Waals surface area (Å²) in [6.07, 6.45) is 4.52. The summed E-state index contributed by atoms with van der Waals surface area (Å²) in [6, 6.07) is 5.23. The van der Waals surface area contributed by atoms with E-state index in [2.05, 4.69) is 4.72 Å². The average Bonchev–Trinajstić information content (AvgIpc) is 3.05. The van der Waals surface area contributed by atoms with Crippen molar-refractivity contribution in [3.63, 3.8) is 0 Å². The highest BCUT2D eigenvalue weighted by atomic mass is 32.2. The molecule has 1 aliphatic carbocycles.